The fraction of sp³-hybridized carbons (Fsp3) is 1.00. The van der Waals surface area contributed by atoms with E-state index in [4.69, 9.17) is 0 Å². The van der Waals surface area contributed by atoms with Crippen molar-refractivity contribution in [1.82, 2.24) is 0 Å². The number of hydrogen-bond acceptors (Lipinski definition) is 0. The van der Waals surface area contributed by atoms with Crippen molar-refractivity contribution in [3.05, 3.63) is 0 Å². The van der Waals surface area contributed by atoms with Gasteiger partial charge in [-0.2, -0.15) is 0 Å². The van der Waals surface area contributed by atoms with Gasteiger partial charge in [0.05, 0.1) is 0 Å². The van der Waals surface area contributed by atoms with Gasteiger partial charge < -0.3 is 0 Å². The summed E-state index contributed by atoms with van der Waals surface area (Å²) in [6, 6.07) is 0. The van der Waals surface area contributed by atoms with Gasteiger partial charge in [0, 0.05) is 0 Å². The topological polar surface area (TPSA) is 0 Å². The molecule has 0 aliphatic heterocycles. The first-order valence-corrected chi connectivity index (χ1v) is 12.6. The summed E-state index contributed by atoms with van der Waals surface area (Å²) in [5.74, 6) is 0. The summed E-state index contributed by atoms with van der Waals surface area (Å²) in [6.45, 7) is 4.58. The van der Waals surface area contributed by atoms with Crippen LogP contribution in [0.2, 0.25) is 10.4 Å². The predicted octanol–water partition coefficient (Wildman–Crippen LogP) is 4.01. The molecule has 10 heavy (non-hydrogen) atoms. The normalized spacial score (nSPS) is 10.8. The molecule has 0 bridgehead atoms. The number of rotatable bonds is 6. The van der Waals surface area contributed by atoms with Crippen LogP contribution in [0, 0.1) is 0 Å². The van der Waals surface area contributed by atoms with Crippen LogP contribution >= 0.6 is 20.1 Å². The molecule has 0 heterocycles. The first-order chi connectivity index (χ1) is 4.81. The van der Waals surface area contributed by atoms with E-state index in [1.165, 1.54) is 25.7 Å². The Labute approximate surface area is 80.9 Å². The molecule has 0 aliphatic carbocycles. The average Bonchev–Trinajstić information content (AvgIpc) is 1.97. The van der Waals surface area contributed by atoms with Crippen molar-refractivity contribution < 1.29 is 0 Å². The van der Waals surface area contributed by atoms with E-state index in [-0.39, 0.29) is 11.3 Å². The molecule has 0 atom stereocenters. The summed E-state index contributed by atoms with van der Waals surface area (Å²) >= 11 is 2.41. The Morgan fingerprint density at radius 2 is 1.40 bits per heavy atom. The molecule has 62 valence electrons. The van der Waals surface area contributed by atoms with Gasteiger partial charge in [0.15, 0.2) is 0 Å². The Morgan fingerprint density at radius 1 is 1.00 bits per heavy atom. The SMILES string of the molecule is CCCC[As](I)CCCC. The molecule has 0 amide bonds. The van der Waals surface area contributed by atoms with Crippen molar-refractivity contribution in [1.29, 1.82) is 0 Å². The molecular weight excluding hydrogens is 298 g/mol. The molecule has 0 N–H and O–H groups in total. The average molecular weight is 316 g/mol. The van der Waals surface area contributed by atoms with Gasteiger partial charge in [0.1, 0.15) is 0 Å². The summed E-state index contributed by atoms with van der Waals surface area (Å²) in [5.41, 5.74) is 0. The van der Waals surface area contributed by atoms with Crippen LogP contribution < -0.4 is 0 Å². The fourth-order valence-corrected chi connectivity index (χ4v) is 7.55. The van der Waals surface area contributed by atoms with Crippen LogP contribution in [0.25, 0.3) is 0 Å². The zero-order valence-electron chi connectivity index (χ0n) is 7.07. The molecule has 0 radical (unpaired) electrons. The van der Waals surface area contributed by atoms with Gasteiger partial charge in [-0.25, -0.2) is 0 Å². The molecule has 0 rings (SSSR count). The second kappa shape index (κ2) is 8.39. The third-order valence-electron chi connectivity index (χ3n) is 1.51. The molecule has 0 unspecified atom stereocenters. The van der Waals surface area contributed by atoms with E-state index in [9.17, 15) is 0 Å². The van der Waals surface area contributed by atoms with E-state index in [0.717, 1.165) is 0 Å². The van der Waals surface area contributed by atoms with Crippen LogP contribution in [0.4, 0.5) is 0 Å². The van der Waals surface area contributed by atoms with Crippen LogP contribution in [-0.4, -0.2) is 11.3 Å². The first-order valence-electron chi connectivity index (χ1n) is 4.22. The standard InChI is InChI=1S/C8H18AsI/c1-3-5-7-9(10)8-6-4-2/h3-8H2,1-2H3. The molecule has 0 aromatic carbocycles. The Kier molecular flexibility index (Phi) is 9.47. The van der Waals surface area contributed by atoms with Crippen molar-refractivity contribution in [3.8, 4) is 0 Å². The van der Waals surface area contributed by atoms with Gasteiger partial charge in [-0.1, -0.05) is 0 Å². The molecule has 0 saturated carbocycles. The monoisotopic (exact) mass is 316 g/mol. The molecule has 2 heteroatoms. The van der Waals surface area contributed by atoms with Gasteiger partial charge >= 0.3 is 81.4 Å². The zero-order chi connectivity index (χ0) is 7.82. The third kappa shape index (κ3) is 7.40. The van der Waals surface area contributed by atoms with Crippen molar-refractivity contribution in [3.63, 3.8) is 0 Å². The summed E-state index contributed by atoms with van der Waals surface area (Å²) in [4.78, 5) is 0. The second-order valence-electron chi connectivity index (χ2n) is 2.62. The van der Waals surface area contributed by atoms with Crippen molar-refractivity contribution >= 4 is 31.4 Å². The van der Waals surface area contributed by atoms with E-state index in [1.54, 1.807) is 10.4 Å². The summed E-state index contributed by atoms with van der Waals surface area (Å²) in [6.07, 6.45) is 5.74. The Hall–Kier alpha value is 1.29. The van der Waals surface area contributed by atoms with Crippen molar-refractivity contribution in [2.45, 2.75) is 49.9 Å². The quantitative estimate of drug-likeness (QED) is 0.513. The summed E-state index contributed by atoms with van der Waals surface area (Å²) in [7, 11) is 0. The number of unbranched alkanes of at least 4 members (excludes halogenated alkanes) is 2. The summed E-state index contributed by atoms with van der Waals surface area (Å²) in [5, 5.41) is 3.15. The van der Waals surface area contributed by atoms with Gasteiger partial charge in [0.2, 0.25) is 0 Å². The Morgan fingerprint density at radius 3 is 1.70 bits per heavy atom. The van der Waals surface area contributed by atoms with Gasteiger partial charge in [-0.3, -0.25) is 0 Å². The molecule has 0 aromatic heterocycles. The summed E-state index contributed by atoms with van der Waals surface area (Å²) < 4.78 is 0. The molecule has 0 fully saturated rings. The Balaban J connectivity index is 3.00. The zero-order valence-corrected chi connectivity index (χ0v) is 11.1. The van der Waals surface area contributed by atoms with Crippen LogP contribution in [0.1, 0.15) is 39.5 Å². The van der Waals surface area contributed by atoms with E-state index in [1.807, 2.05) is 0 Å². The third-order valence-corrected chi connectivity index (χ3v) is 9.89. The number of halogens is 1. The predicted molar refractivity (Wildman–Crippen MR) is 59.2 cm³/mol. The van der Waals surface area contributed by atoms with E-state index in [2.05, 4.69) is 34.0 Å². The molecule has 0 spiro atoms. The van der Waals surface area contributed by atoms with Gasteiger partial charge in [0.25, 0.3) is 0 Å². The second-order valence-corrected chi connectivity index (χ2v) is 13.5. The minimum absolute atomic E-state index is 0.328. The maximum absolute atomic E-state index is 2.73. The van der Waals surface area contributed by atoms with E-state index >= 15 is 0 Å². The maximum atomic E-state index is 2.73. The minimum atomic E-state index is -0.328. The van der Waals surface area contributed by atoms with Crippen LogP contribution in [0.15, 0.2) is 0 Å². The molecule has 0 aliphatic rings. The molecule has 0 saturated heterocycles. The van der Waals surface area contributed by atoms with E-state index in [0.29, 0.717) is 0 Å². The fourth-order valence-electron chi connectivity index (χ4n) is 0.771. The van der Waals surface area contributed by atoms with Crippen LogP contribution in [-0.2, 0) is 0 Å². The van der Waals surface area contributed by atoms with Crippen molar-refractivity contribution in [2.75, 3.05) is 0 Å². The van der Waals surface area contributed by atoms with Crippen LogP contribution in [0.5, 0.6) is 0 Å². The van der Waals surface area contributed by atoms with Crippen LogP contribution in [0.3, 0.4) is 0 Å². The number of hydrogen-bond donors (Lipinski definition) is 0. The molecular formula is C8H18AsI. The van der Waals surface area contributed by atoms with Gasteiger partial charge in [-0.15, -0.1) is 0 Å². The Bertz CT molecular complexity index is 58.3. The molecule has 0 nitrogen and oxygen atoms in total. The van der Waals surface area contributed by atoms with Crippen molar-refractivity contribution in [2.24, 2.45) is 0 Å². The van der Waals surface area contributed by atoms with Gasteiger partial charge in [-0.05, 0) is 0 Å². The first kappa shape index (κ1) is 11.3. The van der Waals surface area contributed by atoms with E-state index < -0.39 is 0 Å². The molecule has 0 aromatic rings.